The van der Waals surface area contributed by atoms with Gasteiger partial charge < -0.3 is 15.7 Å². The minimum Gasteiger partial charge on any atom is -0.504 e. The zero-order valence-corrected chi connectivity index (χ0v) is 13.5. The molecule has 0 atom stereocenters. The van der Waals surface area contributed by atoms with E-state index in [-0.39, 0.29) is 5.75 Å². The number of phenols is 1. The second-order valence-electron chi connectivity index (χ2n) is 5.56. The van der Waals surface area contributed by atoms with Gasteiger partial charge in [0.05, 0.1) is 35.9 Å². The number of hydrogen-bond acceptors (Lipinski definition) is 5. The summed E-state index contributed by atoms with van der Waals surface area (Å²) in [5.41, 5.74) is 4.26. The average Bonchev–Trinajstić information content (AvgIpc) is 2.62. The van der Waals surface area contributed by atoms with Gasteiger partial charge in [-0.05, 0) is 48.9 Å². The molecule has 0 radical (unpaired) electrons. The summed E-state index contributed by atoms with van der Waals surface area (Å²) in [5, 5.41) is 17.0. The van der Waals surface area contributed by atoms with Gasteiger partial charge in [-0.1, -0.05) is 12.1 Å². The van der Waals surface area contributed by atoms with Crippen molar-refractivity contribution >= 4 is 11.4 Å². The van der Waals surface area contributed by atoms with Crippen LogP contribution in [0.25, 0.3) is 0 Å². The highest BCUT2D eigenvalue weighted by Crippen LogP contribution is 2.34. The minimum atomic E-state index is 0.201. The number of rotatable bonds is 6. The first-order chi connectivity index (χ1) is 11.7. The van der Waals surface area contributed by atoms with Crippen LogP contribution in [0.15, 0.2) is 60.9 Å². The minimum absolute atomic E-state index is 0.201. The molecule has 24 heavy (non-hydrogen) atoms. The zero-order valence-electron chi connectivity index (χ0n) is 13.5. The molecule has 0 fully saturated rings. The molecule has 0 aliphatic heterocycles. The van der Waals surface area contributed by atoms with Gasteiger partial charge in [-0.15, -0.1) is 0 Å². The molecular weight excluding hydrogens is 300 g/mol. The van der Waals surface area contributed by atoms with Crippen molar-refractivity contribution in [2.45, 2.75) is 20.0 Å². The molecule has 0 bridgehead atoms. The van der Waals surface area contributed by atoms with Gasteiger partial charge in [0.1, 0.15) is 0 Å². The summed E-state index contributed by atoms with van der Waals surface area (Å²) in [5.74, 6) is 0.201. The van der Waals surface area contributed by atoms with E-state index in [1.165, 1.54) is 0 Å². The summed E-state index contributed by atoms with van der Waals surface area (Å²) < 4.78 is 0. The first-order valence-corrected chi connectivity index (χ1v) is 7.83. The lowest BCUT2D eigenvalue weighted by Crippen LogP contribution is -2.05. The molecule has 0 unspecified atom stereocenters. The second-order valence-corrected chi connectivity index (χ2v) is 5.56. The smallest absolute Gasteiger partial charge is 0.162 e. The van der Waals surface area contributed by atoms with Gasteiger partial charge in [-0.3, -0.25) is 9.97 Å². The lowest BCUT2D eigenvalue weighted by molar-refractivity contribution is 0.479. The van der Waals surface area contributed by atoms with Gasteiger partial charge in [-0.25, -0.2) is 0 Å². The fraction of sp³-hybridized carbons (Fsp3) is 0.158. The first kappa shape index (κ1) is 15.8. The Balaban J connectivity index is 1.72. The van der Waals surface area contributed by atoms with Crippen molar-refractivity contribution in [3.05, 3.63) is 77.9 Å². The lowest BCUT2D eigenvalue weighted by Gasteiger charge is -2.14. The van der Waals surface area contributed by atoms with E-state index in [4.69, 9.17) is 0 Å². The number of pyridine rings is 2. The maximum Gasteiger partial charge on any atom is 0.162 e. The number of anilines is 2. The van der Waals surface area contributed by atoms with E-state index in [1.807, 2.05) is 55.5 Å². The fourth-order valence-electron chi connectivity index (χ4n) is 2.43. The number of aryl methyl sites for hydroxylation is 1. The van der Waals surface area contributed by atoms with Crippen LogP contribution in [0.4, 0.5) is 11.4 Å². The van der Waals surface area contributed by atoms with Crippen LogP contribution >= 0.6 is 0 Å². The zero-order chi connectivity index (χ0) is 16.8. The van der Waals surface area contributed by atoms with Crippen molar-refractivity contribution in [1.29, 1.82) is 0 Å². The van der Waals surface area contributed by atoms with Gasteiger partial charge in [0.25, 0.3) is 0 Å². The highest BCUT2D eigenvalue weighted by atomic mass is 16.3. The monoisotopic (exact) mass is 320 g/mol. The van der Waals surface area contributed by atoms with Crippen molar-refractivity contribution in [1.82, 2.24) is 9.97 Å². The van der Waals surface area contributed by atoms with Gasteiger partial charge in [-0.2, -0.15) is 0 Å². The van der Waals surface area contributed by atoms with E-state index in [9.17, 15) is 5.11 Å². The fourth-order valence-corrected chi connectivity index (χ4v) is 2.43. The molecule has 2 heterocycles. The quantitative estimate of drug-likeness (QED) is 0.604. The van der Waals surface area contributed by atoms with E-state index < -0.39 is 0 Å². The van der Waals surface area contributed by atoms with Crippen LogP contribution in [-0.4, -0.2) is 15.1 Å². The Morgan fingerprint density at radius 1 is 0.833 bits per heavy atom. The largest absolute Gasteiger partial charge is 0.504 e. The molecule has 5 nitrogen and oxygen atoms in total. The highest BCUT2D eigenvalue weighted by Gasteiger charge is 2.09. The molecule has 0 spiro atoms. The molecule has 0 aliphatic carbocycles. The van der Waals surface area contributed by atoms with E-state index in [2.05, 4.69) is 20.6 Å². The van der Waals surface area contributed by atoms with Crippen molar-refractivity contribution in [3.8, 4) is 5.75 Å². The van der Waals surface area contributed by atoms with Gasteiger partial charge in [0.15, 0.2) is 5.75 Å². The number of benzene rings is 1. The van der Waals surface area contributed by atoms with Crippen LogP contribution in [0.2, 0.25) is 0 Å². The molecule has 3 N–H and O–H groups in total. The van der Waals surface area contributed by atoms with Crippen molar-refractivity contribution in [3.63, 3.8) is 0 Å². The number of hydrogen-bond donors (Lipinski definition) is 3. The van der Waals surface area contributed by atoms with Crippen LogP contribution in [0.5, 0.6) is 5.75 Å². The topological polar surface area (TPSA) is 70.1 Å². The Morgan fingerprint density at radius 2 is 1.33 bits per heavy atom. The predicted octanol–water partition coefficient (Wildman–Crippen LogP) is 3.71. The molecule has 1 aromatic carbocycles. The second kappa shape index (κ2) is 7.46. The van der Waals surface area contributed by atoms with Crippen molar-refractivity contribution < 1.29 is 5.11 Å². The Kier molecular flexibility index (Phi) is 4.91. The van der Waals surface area contributed by atoms with Gasteiger partial charge in [0.2, 0.25) is 0 Å². The predicted molar refractivity (Wildman–Crippen MR) is 96.0 cm³/mol. The average molecular weight is 320 g/mol. The molecule has 3 aromatic rings. The number of nitrogens with one attached hydrogen (secondary N) is 2. The van der Waals surface area contributed by atoms with Gasteiger partial charge >= 0.3 is 0 Å². The Morgan fingerprint density at radius 3 is 1.75 bits per heavy atom. The molecule has 0 saturated heterocycles. The van der Waals surface area contributed by atoms with E-state index in [0.717, 1.165) is 17.0 Å². The summed E-state index contributed by atoms with van der Waals surface area (Å²) in [7, 11) is 0. The van der Waals surface area contributed by atoms with Crippen molar-refractivity contribution in [2.24, 2.45) is 0 Å². The third-order valence-corrected chi connectivity index (χ3v) is 3.63. The highest BCUT2D eigenvalue weighted by molar-refractivity contribution is 5.71. The molecule has 0 amide bonds. The maximum atomic E-state index is 10.5. The molecule has 122 valence electrons. The Hall–Kier alpha value is -3.08. The third kappa shape index (κ3) is 4.01. The lowest BCUT2D eigenvalue weighted by atomic mass is 10.1. The number of aromatic hydroxyl groups is 1. The normalized spacial score (nSPS) is 10.4. The maximum absolute atomic E-state index is 10.5. The summed E-state index contributed by atoms with van der Waals surface area (Å²) in [6.07, 6.45) is 3.51. The molecule has 0 saturated carbocycles. The Labute approximate surface area is 141 Å². The summed E-state index contributed by atoms with van der Waals surface area (Å²) in [6, 6.07) is 15.4. The summed E-state index contributed by atoms with van der Waals surface area (Å²) in [6.45, 7) is 3.10. The Bertz CT molecular complexity index is 726. The molecule has 3 rings (SSSR count). The van der Waals surface area contributed by atoms with Crippen LogP contribution in [0.3, 0.4) is 0 Å². The summed E-state index contributed by atoms with van der Waals surface area (Å²) in [4.78, 5) is 8.55. The van der Waals surface area contributed by atoms with E-state index in [0.29, 0.717) is 24.5 Å². The molecule has 0 aliphatic rings. The van der Waals surface area contributed by atoms with Crippen LogP contribution in [0.1, 0.15) is 17.0 Å². The van der Waals surface area contributed by atoms with Crippen LogP contribution in [0, 0.1) is 6.92 Å². The van der Waals surface area contributed by atoms with Crippen LogP contribution in [-0.2, 0) is 13.1 Å². The standard InChI is InChI=1S/C19H20N4O/c1-14-10-17(22-12-15-6-2-4-8-20-15)19(24)18(11-14)23-13-16-7-3-5-9-21-16/h2-11,22-24H,12-13H2,1H3. The summed E-state index contributed by atoms with van der Waals surface area (Å²) >= 11 is 0. The van der Waals surface area contributed by atoms with Crippen molar-refractivity contribution in [2.75, 3.05) is 10.6 Å². The number of phenolic OH excluding ortho intramolecular Hbond substituents is 1. The number of aromatic nitrogens is 2. The van der Waals surface area contributed by atoms with Crippen LogP contribution < -0.4 is 10.6 Å². The SMILES string of the molecule is Cc1cc(NCc2ccccn2)c(O)c(NCc2ccccn2)c1. The molecule has 5 heteroatoms. The van der Waals surface area contributed by atoms with E-state index >= 15 is 0 Å². The molecule has 2 aromatic heterocycles. The molecular formula is C19H20N4O. The number of nitrogens with zero attached hydrogens (tertiary/aromatic N) is 2. The van der Waals surface area contributed by atoms with E-state index in [1.54, 1.807) is 12.4 Å². The van der Waals surface area contributed by atoms with Gasteiger partial charge in [0, 0.05) is 12.4 Å². The first-order valence-electron chi connectivity index (χ1n) is 7.83. The third-order valence-electron chi connectivity index (χ3n) is 3.63.